The molecular formula is C16H24N2O. The fourth-order valence-electron chi connectivity index (χ4n) is 2.73. The summed E-state index contributed by atoms with van der Waals surface area (Å²) in [6, 6.07) is 6.68. The Morgan fingerprint density at radius 1 is 1.37 bits per heavy atom. The number of nitrogens with zero attached hydrogens (tertiary/aromatic N) is 1. The standard InChI is InChI=1S/C16H24N2O/c1-4-18(15-7-8-17-11-15)16(19)10-14-6-5-12(2)13(3)9-14/h5-6,9,15,17H,4,7-8,10-11H2,1-3H3. The van der Waals surface area contributed by atoms with Gasteiger partial charge in [0.15, 0.2) is 0 Å². The van der Waals surface area contributed by atoms with E-state index >= 15 is 0 Å². The van der Waals surface area contributed by atoms with E-state index in [0.29, 0.717) is 12.5 Å². The summed E-state index contributed by atoms with van der Waals surface area (Å²) in [6.07, 6.45) is 1.60. The molecule has 0 spiro atoms. The van der Waals surface area contributed by atoms with E-state index in [1.165, 1.54) is 11.1 Å². The van der Waals surface area contributed by atoms with Crippen LogP contribution in [-0.2, 0) is 11.2 Å². The van der Waals surface area contributed by atoms with Crippen molar-refractivity contribution in [3.63, 3.8) is 0 Å². The number of aryl methyl sites for hydroxylation is 2. The number of likely N-dealkylation sites (N-methyl/N-ethyl adjacent to an activating group) is 1. The number of rotatable bonds is 4. The van der Waals surface area contributed by atoms with Gasteiger partial charge in [-0.25, -0.2) is 0 Å². The van der Waals surface area contributed by atoms with E-state index in [-0.39, 0.29) is 5.91 Å². The second kappa shape index (κ2) is 6.20. The SMILES string of the molecule is CCN(C(=O)Cc1ccc(C)c(C)c1)C1CCNC1. The lowest BCUT2D eigenvalue weighted by Crippen LogP contribution is -2.42. The van der Waals surface area contributed by atoms with Crippen LogP contribution < -0.4 is 5.32 Å². The second-order valence-corrected chi connectivity index (χ2v) is 5.42. The van der Waals surface area contributed by atoms with Crippen LogP contribution in [-0.4, -0.2) is 36.5 Å². The lowest BCUT2D eigenvalue weighted by atomic mass is 10.0. The fourth-order valence-corrected chi connectivity index (χ4v) is 2.73. The van der Waals surface area contributed by atoms with Crippen LogP contribution in [0.3, 0.4) is 0 Å². The fraction of sp³-hybridized carbons (Fsp3) is 0.562. The first-order valence-corrected chi connectivity index (χ1v) is 7.18. The Bertz CT molecular complexity index is 450. The summed E-state index contributed by atoms with van der Waals surface area (Å²) < 4.78 is 0. The van der Waals surface area contributed by atoms with Crippen LogP contribution in [0.5, 0.6) is 0 Å². The molecule has 1 aromatic rings. The summed E-state index contributed by atoms with van der Waals surface area (Å²) >= 11 is 0. The zero-order valence-electron chi connectivity index (χ0n) is 12.2. The smallest absolute Gasteiger partial charge is 0.227 e. The number of benzene rings is 1. The summed E-state index contributed by atoms with van der Waals surface area (Å²) in [5.41, 5.74) is 3.66. The van der Waals surface area contributed by atoms with Gasteiger partial charge in [0.1, 0.15) is 0 Å². The Morgan fingerprint density at radius 2 is 2.16 bits per heavy atom. The lowest BCUT2D eigenvalue weighted by molar-refractivity contribution is -0.132. The summed E-state index contributed by atoms with van der Waals surface area (Å²) in [6.45, 7) is 9.03. The van der Waals surface area contributed by atoms with Gasteiger partial charge in [0.25, 0.3) is 0 Å². The van der Waals surface area contributed by atoms with E-state index in [9.17, 15) is 4.79 Å². The van der Waals surface area contributed by atoms with Crippen molar-refractivity contribution < 1.29 is 4.79 Å². The predicted molar refractivity (Wildman–Crippen MR) is 78.3 cm³/mol. The maximum absolute atomic E-state index is 12.4. The maximum Gasteiger partial charge on any atom is 0.227 e. The Balaban J connectivity index is 2.03. The van der Waals surface area contributed by atoms with Crippen LogP contribution >= 0.6 is 0 Å². The van der Waals surface area contributed by atoms with Gasteiger partial charge in [-0.2, -0.15) is 0 Å². The highest BCUT2D eigenvalue weighted by Gasteiger charge is 2.24. The number of amides is 1. The quantitative estimate of drug-likeness (QED) is 0.898. The van der Waals surface area contributed by atoms with Gasteiger partial charge >= 0.3 is 0 Å². The van der Waals surface area contributed by atoms with Crippen LogP contribution in [0.4, 0.5) is 0 Å². The Morgan fingerprint density at radius 3 is 2.74 bits per heavy atom. The van der Waals surface area contributed by atoms with E-state index in [1.807, 2.05) is 4.90 Å². The van der Waals surface area contributed by atoms with Crippen molar-refractivity contribution in [3.05, 3.63) is 34.9 Å². The van der Waals surface area contributed by atoms with Gasteiger partial charge in [-0.15, -0.1) is 0 Å². The van der Waals surface area contributed by atoms with Gasteiger partial charge in [0, 0.05) is 19.1 Å². The minimum absolute atomic E-state index is 0.249. The number of nitrogens with one attached hydrogen (secondary N) is 1. The highest BCUT2D eigenvalue weighted by molar-refractivity contribution is 5.79. The number of carbonyl (C=O) groups is 1. The first-order valence-electron chi connectivity index (χ1n) is 7.18. The molecule has 1 N–H and O–H groups in total. The highest BCUT2D eigenvalue weighted by atomic mass is 16.2. The molecule has 0 radical (unpaired) electrons. The summed E-state index contributed by atoms with van der Waals surface area (Å²) in [5.74, 6) is 0.249. The highest BCUT2D eigenvalue weighted by Crippen LogP contribution is 2.14. The lowest BCUT2D eigenvalue weighted by Gasteiger charge is -2.27. The Kier molecular flexibility index (Phi) is 4.59. The van der Waals surface area contributed by atoms with Crippen LogP contribution in [0.25, 0.3) is 0 Å². The van der Waals surface area contributed by atoms with Crippen molar-refractivity contribution in [2.45, 2.75) is 39.7 Å². The first-order chi connectivity index (χ1) is 9.11. The monoisotopic (exact) mass is 260 g/mol. The topological polar surface area (TPSA) is 32.3 Å². The van der Waals surface area contributed by atoms with Crippen LogP contribution in [0.15, 0.2) is 18.2 Å². The largest absolute Gasteiger partial charge is 0.338 e. The van der Waals surface area contributed by atoms with Gasteiger partial charge in [0.05, 0.1) is 6.42 Å². The molecule has 104 valence electrons. The minimum atomic E-state index is 0.249. The average molecular weight is 260 g/mol. The molecule has 1 saturated heterocycles. The number of hydrogen-bond donors (Lipinski definition) is 1. The van der Waals surface area contributed by atoms with Crippen molar-refractivity contribution in [2.75, 3.05) is 19.6 Å². The third-order valence-corrected chi connectivity index (χ3v) is 4.06. The molecule has 3 nitrogen and oxygen atoms in total. The molecule has 1 aliphatic rings. The van der Waals surface area contributed by atoms with Crippen molar-refractivity contribution in [1.82, 2.24) is 10.2 Å². The predicted octanol–water partition coefficient (Wildman–Crippen LogP) is 2.06. The zero-order valence-corrected chi connectivity index (χ0v) is 12.2. The van der Waals surface area contributed by atoms with Gasteiger partial charge < -0.3 is 10.2 Å². The van der Waals surface area contributed by atoms with E-state index in [0.717, 1.165) is 31.6 Å². The van der Waals surface area contributed by atoms with Crippen LogP contribution in [0.1, 0.15) is 30.0 Å². The van der Waals surface area contributed by atoms with Gasteiger partial charge in [0.2, 0.25) is 5.91 Å². The summed E-state index contributed by atoms with van der Waals surface area (Å²) in [5, 5.41) is 3.33. The Labute approximate surface area is 116 Å². The molecule has 0 saturated carbocycles. The summed E-state index contributed by atoms with van der Waals surface area (Å²) in [7, 11) is 0. The molecule has 0 aromatic heterocycles. The molecule has 0 bridgehead atoms. The maximum atomic E-state index is 12.4. The third kappa shape index (κ3) is 3.35. The van der Waals surface area contributed by atoms with E-state index in [2.05, 4.69) is 44.3 Å². The summed E-state index contributed by atoms with van der Waals surface area (Å²) in [4.78, 5) is 14.4. The van der Waals surface area contributed by atoms with Crippen molar-refractivity contribution in [1.29, 1.82) is 0 Å². The third-order valence-electron chi connectivity index (χ3n) is 4.06. The van der Waals surface area contributed by atoms with Crippen LogP contribution in [0, 0.1) is 13.8 Å². The number of hydrogen-bond acceptors (Lipinski definition) is 2. The normalized spacial score (nSPS) is 18.6. The van der Waals surface area contributed by atoms with Gasteiger partial charge in [-0.1, -0.05) is 18.2 Å². The molecule has 1 aliphatic heterocycles. The molecule has 1 aromatic carbocycles. The molecule has 2 rings (SSSR count). The van der Waals surface area contributed by atoms with Crippen molar-refractivity contribution in [2.24, 2.45) is 0 Å². The van der Waals surface area contributed by atoms with Crippen LogP contribution in [0.2, 0.25) is 0 Å². The molecule has 1 atom stereocenters. The molecule has 1 unspecified atom stereocenters. The molecule has 3 heteroatoms. The number of carbonyl (C=O) groups excluding carboxylic acids is 1. The molecule has 1 amide bonds. The first kappa shape index (κ1) is 14.1. The Hall–Kier alpha value is -1.35. The zero-order chi connectivity index (χ0) is 13.8. The van der Waals surface area contributed by atoms with Gasteiger partial charge in [-0.3, -0.25) is 4.79 Å². The van der Waals surface area contributed by atoms with E-state index in [1.54, 1.807) is 0 Å². The van der Waals surface area contributed by atoms with Crippen molar-refractivity contribution in [3.8, 4) is 0 Å². The van der Waals surface area contributed by atoms with E-state index < -0.39 is 0 Å². The molecule has 1 fully saturated rings. The molecular weight excluding hydrogens is 236 g/mol. The second-order valence-electron chi connectivity index (χ2n) is 5.42. The van der Waals surface area contributed by atoms with Crippen molar-refractivity contribution >= 4 is 5.91 Å². The minimum Gasteiger partial charge on any atom is -0.338 e. The molecule has 0 aliphatic carbocycles. The van der Waals surface area contributed by atoms with E-state index in [4.69, 9.17) is 0 Å². The molecule has 1 heterocycles. The van der Waals surface area contributed by atoms with Gasteiger partial charge in [-0.05, 0) is 50.4 Å². The average Bonchev–Trinajstić information content (AvgIpc) is 2.88. The molecule has 19 heavy (non-hydrogen) atoms.